The number of nitrogens with one attached hydrogen (secondary N) is 1. The lowest BCUT2D eigenvalue weighted by Crippen LogP contribution is -1.98. The summed E-state index contributed by atoms with van der Waals surface area (Å²) in [5.74, 6) is 0. The SMILES string of the molecule is Cc1ccc(CNc2ccc3nc(C)sc3c2)cc1. The lowest BCUT2D eigenvalue weighted by Gasteiger charge is -2.06. The fourth-order valence-electron chi connectivity index (χ4n) is 2.06. The minimum Gasteiger partial charge on any atom is -0.381 e. The molecule has 96 valence electrons. The van der Waals surface area contributed by atoms with Crippen LogP contribution in [0.1, 0.15) is 16.1 Å². The van der Waals surface area contributed by atoms with Crippen LogP contribution in [0.15, 0.2) is 42.5 Å². The van der Waals surface area contributed by atoms with Crippen LogP contribution >= 0.6 is 11.3 Å². The van der Waals surface area contributed by atoms with Gasteiger partial charge in [-0.05, 0) is 37.6 Å². The molecule has 0 amide bonds. The molecule has 2 aromatic carbocycles. The van der Waals surface area contributed by atoms with Crippen molar-refractivity contribution in [3.63, 3.8) is 0 Å². The maximum atomic E-state index is 4.47. The summed E-state index contributed by atoms with van der Waals surface area (Å²) < 4.78 is 1.24. The average Bonchev–Trinajstić information content (AvgIpc) is 2.77. The minimum absolute atomic E-state index is 0.851. The molecular formula is C16H16N2S. The molecule has 3 aromatic rings. The molecule has 0 radical (unpaired) electrons. The highest BCUT2D eigenvalue weighted by Crippen LogP contribution is 2.25. The average molecular weight is 268 g/mol. The molecule has 19 heavy (non-hydrogen) atoms. The molecule has 0 aliphatic rings. The Morgan fingerprint density at radius 1 is 1.05 bits per heavy atom. The van der Waals surface area contributed by atoms with Crippen molar-refractivity contribution in [2.75, 3.05) is 5.32 Å². The summed E-state index contributed by atoms with van der Waals surface area (Å²) in [6.45, 7) is 5.00. The summed E-state index contributed by atoms with van der Waals surface area (Å²) in [6.07, 6.45) is 0. The number of anilines is 1. The largest absolute Gasteiger partial charge is 0.381 e. The third-order valence-corrected chi connectivity index (χ3v) is 4.05. The first-order valence-electron chi connectivity index (χ1n) is 6.37. The van der Waals surface area contributed by atoms with E-state index in [-0.39, 0.29) is 0 Å². The van der Waals surface area contributed by atoms with Crippen LogP contribution in [0.4, 0.5) is 5.69 Å². The van der Waals surface area contributed by atoms with Gasteiger partial charge in [0.15, 0.2) is 0 Å². The molecule has 0 aliphatic heterocycles. The van der Waals surface area contributed by atoms with Crippen LogP contribution in [0.2, 0.25) is 0 Å². The van der Waals surface area contributed by atoms with Crippen LogP contribution < -0.4 is 5.32 Å². The maximum absolute atomic E-state index is 4.47. The minimum atomic E-state index is 0.851. The van der Waals surface area contributed by atoms with Gasteiger partial charge in [0, 0.05) is 12.2 Å². The van der Waals surface area contributed by atoms with Crippen molar-refractivity contribution in [3.05, 3.63) is 58.6 Å². The summed E-state index contributed by atoms with van der Waals surface area (Å²) >= 11 is 1.74. The third kappa shape index (κ3) is 2.76. The van der Waals surface area contributed by atoms with E-state index in [9.17, 15) is 0 Å². The summed E-state index contributed by atoms with van der Waals surface area (Å²) in [5, 5.41) is 4.58. The van der Waals surface area contributed by atoms with Crippen LogP contribution in [0, 0.1) is 13.8 Å². The molecular weight excluding hydrogens is 252 g/mol. The van der Waals surface area contributed by atoms with Gasteiger partial charge in [-0.15, -0.1) is 11.3 Å². The maximum Gasteiger partial charge on any atom is 0.0907 e. The second-order valence-corrected chi connectivity index (χ2v) is 5.99. The molecule has 0 saturated carbocycles. The van der Waals surface area contributed by atoms with Crippen LogP contribution in [0.5, 0.6) is 0 Å². The highest BCUT2D eigenvalue weighted by molar-refractivity contribution is 7.18. The zero-order valence-electron chi connectivity index (χ0n) is 11.1. The fraction of sp³-hybridized carbons (Fsp3) is 0.188. The first kappa shape index (κ1) is 12.2. The zero-order valence-corrected chi connectivity index (χ0v) is 11.9. The molecule has 1 heterocycles. The Hall–Kier alpha value is -1.87. The Morgan fingerprint density at radius 3 is 2.63 bits per heavy atom. The van der Waals surface area contributed by atoms with Gasteiger partial charge in [-0.3, -0.25) is 0 Å². The molecule has 0 unspecified atom stereocenters. The molecule has 1 aromatic heterocycles. The highest BCUT2D eigenvalue weighted by atomic mass is 32.1. The predicted molar refractivity (Wildman–Crippen MR) is 82.9 cm³/mol. The number of rotatable bonds is 3. The van der Waals surface area contributed by atoms with Gasteiger partial charge in [0.05, 0.1) is 15.2 Å². The van der Waals surface area contributed by atoms with E-state index in [4.69, 9.17) is 0 Å². The zero-order chi connectivity index (χ0) is 13.2. The second kappa shape index (κ2) is 5.02. The lowest BCUT2D eigenvalue weighted by atomic mass is 10.1. The van der Waals surface area contributed by atoms with Crippen molar-refractivity contribution in [1.82, 2.24) is 4.98 Å². The predicted octanol–water partition coefficient (Wildman–Crippen LogP) is 4.53. The Morgan fingerprint density at radius 2 is 1.84 bits per heavy atom. The van der Waals surface area contributed by atoms with Gasteiger partial charge >= 0.3 is 0 Å². The van der Waals surface area contributed by atoms with Gasteiger partial charge in [0.25, 0.3) is 0 Å². The van der Waals surface area contributed by atoms with Crippen molar-refractivity contribution < 1.29 is 0 Å². The highest BCUT2D eigenvalue weighted by Gasteiger charge is 2.01. The van der Waals surface area contributed by atoms with Gasteiger partial charge in [-0.1, -0.05) is 29.8 Å². The molecule has 3 rings (SSSR count). The van der Waals surface area contributed by atoms with Gasteiger partial charge < -0.3 is 5.32 Å². The topological polar surface area (TPSA) is 24.9 Å². The number of aryl methyl sites for hydroxylation is 2. The van der Waals surface area contributed by atoms with E-state index < -0.39 is 0 Å². The Balaban J connectivity index is 1.75. The normalized spacial score (nSPS) is 10.8. The van der Waals surface area contributed by atoms with E-state index in [0.29, 0.717) is 0 Å². The van der Waals surface area contributed by atoms with E-state index in [1.807, 2.05) is 6.92 Å². The molecule has 2 nitrogen and oxygen atoms in total. The molecule has 0 bridgehead atoms. The van der Waals surface area contributed by atoms with E-state index >= 15 is 0 Å². The van der Waals surface area contributed by atoms with E-state index in [0.717, 1.165) is 22.8 Å². The van der Waals surface area contributed by atoms with Crippen LogP contribution in [0.3, 0.4) is 0 Å². The van der Waals surface area contributed by atoms with Gasteiger partial charge in [-0.2, -0.15) is 0 Å². The smallest absolute Gasteiger partial charge is 0.0907 e. The molecule has 0 spiro atoms. The second-order valence-electron chi connectivity index (χ2n) is 4.75. The van der Waals surface area contributed by atoms with Crippen molar-refractivity contribution in [2.45, 2.75) is 20.4 Å². The Labute approximate surface area is 117 Å². The molecule has 0 fully saturated rings. The standard InChI is InChI=1S/C16H16N2S/c1-11-3-5-13(6-4-11)10-17-14-7-8-15-16(9-14)19-12(2)18-15/h3-9,17H,10H2,1-2H3. The van der Waals surface area contributed by atoms with Gasteiger partial charge in [0.1, 0.15) is 0 Å². The number of aromatic nitrogens is 1. The van der Waals surface area contributed by atoms with Gasteiger partial charge in [-0.25, -0.2) is 4.98 Å². The molecule has 1 N–H and O–H groups in total. The van der Waals surface area contributed by atoms with E-state index in [2.05, 4.69) is 59.7 Å². The Kier molecular flexibility index (Phi) is 3.22. The first-order valence-corrected chi connectivity index (χ1v) is 7.19. The Bertz CT molecular complexity index is 698. The molecule has 0 saturated heterocycles. The number of hydrogen-bond donors (Lipinski definition) is 1. The number of fused-ring (bicyclic) bond motifs is 1. The van der Waals surface area contributed by atoms with Crippen molar-refractivity contribution >= 4 is 27.2 Å². The van der Waals surface area contributed by atoms with Crippen LogP contribution in [0.25, 0.3) is 10.2 Å². The number of hydrogen-bond acceptors (Lipinski definition) is 3. The quantitative estimate of drug-likeness (QED) is 0.755. The first-order chi connectivity index (χ1) is 9.20. The van der Waals surface area contributed by atoms with Crippen molar-refractivity contribution in [2.24, 2.45) is 0 Å². The number of benzene rings is 2. The van der Waals surface area contributed by atoms with Crippen LogP contribution in [-0.2, 0) is 6.54 Å². The number of thiazole rings is 1. The summed E-state index contributed by atoms with van der Waals surface area (Å²) in [6, 6.07) is 15.0. The molecule has 0 aliphatic carbocycles. The summed E-state index contributed by atoms with van der Waals surface area (Å²) in [5.41, 5.74) is 4.83. The monoisotopic (exact) mass is 268 g/mol. The molecule has 0 atom stereocenters. The number of nitrogens with zero attached hydrogens (tertiary/aromatic N) is 1. The van der Waals surface area contributed by atoms with Gasteiger partial charge in [0.2, 0.25) is 0 Å². The summed E-state index contributed by atoms with van der Waals surface area (Å²) in [4.78, 5) is 4.47. The summed E-state index contributed by atoms with van der Waals surface area (Å²) in [7, 11) is 0. The third-order valence-electron chi connectivity index (χ3n) is 3.11. The van der Waals surface area contributed by atoms with Crippen molar-refractivity contribution in [3.8, 4) is 0 Å². The fourth-order valence-corrected chi connectivity index (χ4v) is 2.93. The van der Waals surface area contributed by atoms with Crippen LogP contribution in [-0.4, -0.2) is 4.98 Å². The van der Waals surface area contributed by atoms with E-state index in [1.54, 1.807) is 11.3 Å². The van der Waals surface area contributed by atoms with E-state index in [1.165, 1.54) is 15.8 Å². The lowest BCUT2D eigenvalue weighted by molar-refractivity contribution is 1.15. The molecule has 3 heteroatoms. The van der Waals surface area contributed by atoms with Crippen molar-refractivity contribution in [1.29, 1.82) is 0 Å².